The molecule has 1 aliphatic rings. The highest BCUT2D eigenvalue weighted by molar-refractivity contribution is 7.92. The maximum Gasteiger partial charge on any atom is 0.261 e. The first kappa shape index (κ1) is 18.5. The van der Waals surface area contributed by atoms with Crippen molar-refractivity contribution in [3.63, 3.8) is 0 Å². The SMILES string of the molecule is O=C([O-])Cc1ccc(NS(=O)(=O)c2ccc(C3CCCCC3)cc2)cc1. The Labute approximate surface area is 154 Å². The minimum Gasteiger partial charge on any atom is -0.550 e. The van der Waals surface area contributed by atoms with Crippen molar-refractivity contribution in [1.82, 2.24) is 0 Å². The van der Waals surface area contributed by atoms with Gasteiger partial charge in [-0.3, -0.25) is 4.72 Å². The first-order valence-electron chi connectivity index (χ1n) is 8.85. The van der Waals surface area contributed by atoms with Gasteiger partial charge in [0.1, 0.15) is 0 Å². The zero-order valence-corrected chi connectivity index (χ0v) is 15.3. The van der Waals surface area contributed by atoms with Crippen molar-refractivity contribution in [2.75, 3.05) is 4.72 Å². The Kier molecular flexibility index (Phi) is 5.61. The minimum atomic E-state index is -3.68. The molecular formula is C20H22NO4S-. The third kappa shape index (κ3) is 4.64. The number of rotatable bonds is 6. The van der Waals surface area contributed by atoms with E-state index in [1.807, 2.05) is 12.1 Å². The maximum absolute atomic E-state index is 12.5. The first-order valence-corrected chi connectivity index (χ1v) is 10.3. The van der Waals surface area contributed by atoms with Crippen molar-refractivity contribution in [2.24, 2.45) is 0 Å². The molecule has 0 atom stereocenters. The number of carboxylic acid groups (broad SMARTS) is 1. The van der Waals surface area contributed by atoms with Gasteiger partial charge < -0.3 is 9.90 Å². The molecule has 0 heterocycles. The third-order valence-corrected chi connectivity index (χ3v) is 6.22. The van der Waals surface area contributed by atoms with Gasteiger partial charge in [-0.2, -0.15) is 0 Å². The highest BCUT2D eigenvalue weighted by Gasteiger charge is 2.18. The summed E-state index contributed by atoms with van der Waals surface area (Å²) < 4.78 is 27.6. The Morgan fingerprint density at radius 1 is 0.962 bits per heavy atom. The van der Waals surface area contributed by atoms with Gasteiger partial charge in [-0.1, -0.05) is 43.5 Å². The van der Waals surface area contributed by atoms with Crippen LogP contribution >= 0.6 is 0 Å². The molecule has 1 N–H and O–H groups in total. The molecule has 6 heteroatoms. The number of nitrogens with one attached hydrogen (secondary N) is 1. The fourth-order valence-electron chi connectivity index (χ4n) is 3.43. The van der Waals surface area contributed by atoms with E-state index < -0.39 is 16.0 Å². The minimum absolute atomic E-state index is 0.199. The molecule has 3 rings (SSSR count). The molecule has 0 radical (unpaired) electrons. The fourth-order valence-corrected chi connectivity index (χ4v) is 4.49. The van der Waals surface area contributed by atoms with E-state index in [4.69, 9.17) is 0 Å². The lowest BCUT2D eigenvalue weighted by Gasteiger charge is -2.22. The molecule has 0 amide bonds. The lowest BCUT2D eigenvalue weighted by molar-refractivity contribution is -0.304. The van der Waals surface area contributed by atoms with Crippen LogP contribution in [-0.2, 0) is 21.2 Å². The zero-order valence-electron chi connectivity index (χ0n) is 14.5. The number of aliphatic carboxylic acids is 1. The average Bonchev–Trinajstić information content (AvgIpc) is 2.64. The summed E-state index contributed by atoms with van der Waals surface area (Å²) in [6.07, 6.45) is 5.90. The van der Waals surface area contributed by atoms with Gasteiger partial charge in [-0.05, 0) is 54.2 Å². The number of carboxylic acids is 1. The number of carbonyl (C=O) groups is 1. The molecule has 0 aromatic heterocycles. The zero-order chi connectivity index (χ0) is 18.6. The van der Waals surface area contributed by atoms with Crippen LogP contribution in [-0.4, -0.2) is 14.4 Å². The number of benzene rings is 2. The van der Waals surface area contributed by atoms with E-state index in [0.29, 0.717) is 17.2 Å². The van der Waals surface area contributed by atoms with E-state index in [1.165, 1.54) is 37.7 Å². The van der Waals surface area contributed by atoms with Crippen LogP contribution in [0.3, 0.4) is 0 Å². The van der Waals surface area contributed by atoms with E-state index in [0.717, 1.165) is 0 Å². The number of hydrogen-bond acceptors (Lipinski definition) is 4. The average molecular weight is 372 g/mol. The third-order valence-electron chi connectivity index (χ3n) is 4.82. The molecular weight excluding hydrogens is 350 g/mol. The summed E-state index contributed by atoms with van der Waals surface area (Å²) in [6.45, 7) is 0. The van der Waals surface area contributed by atoms with Crippen LogP contribution in [0.5, 0.6) is 0 Å². The van der Waals surface area contributed by atoms with Gasteiger partial charge in [0.05, 0.1) is 4.90 Å². The molecule has 1 saturated carbocycles. The molecule has 5 nitrogen and oxygen atoms in total. The second kappa shape index (κ2) is 7.91. The van der Waals surface area contributed by atoms with Gasteiger partial charge >= 0.3 is 0 Å². The van der Waals surface area contributed by atoms with Gasteiger partial charge in [-0.25, -0.2) is 8.42 Å². The van der Waals surface area contributed by atoms with Crippen molar-refractivity contribution < 1.29 is 18.3 Å². The predicted molar refractivity (Wildman–Crippen MR) is 98.2 cm³/mol. The summed E-state index contributed by atoms with van der Waals surface area (Å²) >= 11 is 0. The molecule has 1 fully saturated rings. The standard InChI is InChI=1S/C20H23NO4S/c22-20(23)14-15-6-10-18(11-7-15)21-26(24,25)19-12-8-17(9-13-19)16-4-2-1-3-5-16/h6-13,16,21H,1-5,14H2,(H,22,23)/p-1. The summed E-state index contributed by atoms with van der Waals surface area (Å²) in [7, 11) is -3.68. The smallest absolute Gasteiger partial charge is 0.261 e. The monoisotopic (exact) mass is 372 g/mol. The van der Waals surface area contributed by atoms with Crippen molar-refractivity contribution in [1.29, 1.82) is 0 Å². The van der Waals surface area contributed by atoms with Crippen LogP contribution in [0, 0.1) is 0 Å². The van der Waals surface area contributed by atoms with Gasteiger partial charge in [0.25, 0.3) is 10.0 Å². The molecule has 2 aromatic rings. The molecule has 0 aliphatic heterocycles. The number of anilines is 1. The van der Waals surface area contributed by atoms with E-state index in [1.54, 1.807) is 36.4 Å². The predicted octanol–water partition coefficient (Wildman–Crippen LogP) is 2.83. The van der Waals surface area contributed by atoms with E-state index in [2.05, 4.69) is 4.72 Å². The summed E-state index contributed by atoms with van der Waals surface area (Å²) in [6, 6.07) is 13.4. The van der Waals surface area contributed by atoms with Crippen molar-refractivity contribution in [2.45, 2.75) is 49.3 Å². The second-order valence-electron chi connectivity index (χ2n) is 6.76. The Morgan fingerprint density at radius 3 is 2.15 bits per heavy atom. The highest BCUT2D eigenvalue weighted by atomic mass is 32.2. The van der Waals surface area contributed by atoms with Crippen LogP contribution in [0.15, 0.2) is 53.4 Å². The molecule has 2 aromatic carbocycles. The Morgan fingerprint density at radius 2 is 1.58 bits per heavy atom. The van der Waals surface area contributed by atoms with Gasteiger partial charge in [-0.15, -0.1) is 0 Å². The highest BCUT2D eigenvalue weighted by Crippen LogP contribution is 2.33. The van der Waals surface area contributed by atoms with Crippen molar-refractivity contribution in [3.05, 3.63) is 59.7 Å². The molecule has 0 spiro atoms. The molecule has 26 heavy (non-hydrogen) atoms. The summed E-state index contributed by atoms with van der Waals surface area (Å²) in [5, 5.41) is 10.6. The van der Waals surface area contributed by atoms with Crippen LogP contribution in [0.4, 0.5) is 5.69 Å². The normalized spacial score (nSPS) is 15.5. The van der Waals surface area contributed by atoms with Crippen molar-refractivity contribution in [3.8, 4) is 0 Å². The van der Waals surface area contributed by atoms with E-state index in [9.17, 15) is 18.3 Å². The second-order valence-corrected chi connectivity index (χ2v) is 8.44. The largest absolute Gasteiger partial charge is 0.550 e. The molecule has 0 unspecified atom stereocenters. The van der Waals surface area contributed by atoms with Crippen LogP contribution in [0.1, 0.15) is 49.1 Å². The summed E-state index contributed by atoms with van der Waals surface area (Å²) in [5.41, 5.74) is 2.16. The molecule has 0 bridgehead atoms. The fraction of sp³-hybridized carbons (Fsp3) is 0.350. The number of hydrogen-bond donors (Lipinski definition) is 1. The molecule has 1 aliphatic carbocycles. The summed E-state index contributed by atoms with van der Waals surface area (Å²) in [4.78, 5) is 10.8. The van der Waals surface area contributed by atoms with E-state index >= 15 is 0 Å². The maximum atomic E-state index is 12.5. The Balaban J connectivity index is 1.70. The van der Waals surface area contributed by atoms with Crippen LogP contribution in [0.25, 0.3) is 0 Å². The number of sulfonamides is 1. The molecule has 138 valence electrons. The molecule has 0 saturated heterocycles. The van der Waals surface area contributed by atoms with Gasteiger partial charge in [0.15, 0.2) is 0 Å². The lowest BCUT2D eigenvalue weighted by atomic mass is 9.84. The number of carbonyl (C=O) groups excluding carboxylic acids is 1. The topological polar surface area (TPSA) is 86.3 Å². The quantitative estimate of drug-likeness (QED) is 0.845. The Hall–Kier alpha value is -2.34. The van der Waals surface area contributed by atoms with E-state index in [-0.39, 0.29) is 11.3 Å². The Bertz CT molecular complexity index is 852. The van der Waals surface area contributed by atoms with Crippen molar-refractivity contribution >= 4 is 21.7 Å². The first-order chi connectivity index (χ1) is 12.4. The lowest BCUT2D eigenvalue weighted by Crippen LogP contribution is -2.24. The van der Waals surface area contributed by atoms with Gasteiger partial charge in [0, 0.05) is 18.1 Å². The van der Waals surface area contributed by atoms with Crippen LogP contribution < -0.4 is 9.83 Å². The van der Waals surface area contributed by atoms with Crippen LogP contribution in [0.2, 0.25) is 0 Å². The van der Waals surface area contributed by atoms with Gasteiger partial charge in [0.2, 0.25) is 0 Å². The summed E-state index contributed by atoms with van der Waals surface area (Å²) in [5.74, 6) is -0.638.